The summed E-state index contributed by atoms with van der Waals surface area (Å²) in [5, 5.41) is 29.6. The largest absolute Gasteiger partial charge is 0.508 e. The van der Waals surface area contributed by atoms with E-state index >= 15 is 0 Å². The van der Waals surface area contributed by atoms with Crippen molar-refractivity contribution in [1.82, 2.24) is 0 Å². The summed E-state index contributed by atoms with van der Waals surface area (Å²) in [5.41, 5.74) is -0.316. The molecule has 0 radical (unpaired) electrons. The molecule has 7 nitrogen and oxygen atoms in total. The van der Waals surface area contributed by atoms with Gasteiger partial charge in [0.2, 0.25) is 16.9 Å². The normalized spacial score (nSPS) is 10.8. The van der Waals surface area contributed by atoms with Crippen LogP contribution in [0.2, 0.25) is 0 Å². The number of rotatable bonds is 3. The van der Waals surface area contributed by atoms with Crippen molar-refractivity contribution in [2.24, 2.45) is 0 Å². The fourth-order valence-electron chi connectivity index (χ4n) is 2.48. The third kappa shape index (κ3) is 2.26. The molecule has 0 unspecified atom stereocenters. The fraction of sp³-hybridized carbons (Fsp3) is 0.118. The summed E-state index contributed by atoms with van der Waals surface area (Å²) in [7, 11) is 2.62. The summed E-state index contributed by atoms with van der Waals surface area (Å²) in [6.07, 6.45) is 0. The molecule has 1 heterocycles. The van der Waals surface area contributed by atoms with Gasteiger partial charge in [0, 0.05) is 11.6 Å². The lowest BCUT2D eigenvalue weighted by Crippen LogP contribution is -2.05. The third-order valence-electron chi connectivity index (χ3n) is 3.59. The number of phenolic OH excluding ortho intramolecular Hbond substituents is 2. The molecule has 2 aromatic carbocycles. The van der Waals surface area contributed by atoms with Gasteiger partial charge in [-0.15, -0.1) is 0 Å². The number of hydrogen-bond acceptors (Lipinski definition) is 7. The number of ether oxygens (including phenoxy) is 2. The zero-order valence-corrected chi connectivity index (χ0v) is 12.9. The zero-order valence-electron chi connectivity index (χ0n) is 12.9. The second kappa shape index (κ2) is 5.69. The first-order valence-electron chi connectivity index (χ1n) is 6.91. The number of methoxy groups -OCH3 is 2. The van der Waals surface area contributed by atoms with E-state index in [1.807, 2.05) is 0 Å². The molecule has 3 N–H and O–H groups in total. The second-order valence-corrected chi connectivity index (χ2v) is 4.99. The van der Waals surface area contributed by atoms with E-state index in [-0.39, 0.29) is 39.7 Å². The molecule has 1 aromatic heterocycles. The number of benzene rings is 2. The Morgan fingerprint density at radius 3 is 2.17 bits per heavy atom. The highest BCUT2D eigenvalue weighted by Gasteiger charge is 2.23. The lowest BCUT2D eigenvalue weighted by atomic mass is 10.1. The van der Waals surface area contributed by atoms with Gasteiger partial charge in [0.15, 0.2) is 17.3 Å². The Morgan fingerprint density at radius 1 is 0.958 bits per heavy atom. The van der Waals surface area contributed by atoms with Crippen LogP contribution in [0.1, 0.15) is 0 Å². The first-order chi connectivity index (χ1) is 11.5. The molecule has 0 saturated carbocycles. The Hall–Kier alpha value is -3.35. The van der Waals surface area contributed by atoms with Crippen LogP contribution >= 0.6 is 0 Å². The van der Waals surface area contributed by atoms with Crippen molar-refractivity contribution in [2.75, 3.05) is 14.2 Å². The molecule has 0 atom stereocenters. The summed E-state index contributed by atoms with van der Waals surface area (Å²) in [4.78, 5) is 12.6. The summed E-state index contributed by atoms with van der Waals surface area (Å²) in [6, 6.07) is 6.97. The van der Waals surface area contributed by atoms with E-state index < -0.39 is 11.2 Å². The third-order valence-corrected chi connectivity index (χ3v) is 3.59. The first kappa shape index (κ1) is 15.5. The van der Waals surface area contributed by atoms with Gasteiger partial charge < -0.3 is 29.2 Å². The average molecular weight is 330 g/mol. The maximum Gasteiger partial charge on any atom is 0.238 e. The van der Waals surface area contributed by atoms with E-state index in [0.29, 0.717) is 5.56 Å². The fourth-order valence-corrected chi connectivity index (χ4v) is 2.48. The molecule has 0 amide bonds. The quantitative estimate of drug-likeness (QED) is 0.677. The van der Waals surface area contributed by atoms with Gasteiger partial charge in [-0.2, -0.15) is 0 Å². The second-order valence-electron chi connectivity index (χ2n) is 4.99. The molecule has 0 saturated heterocycles. The maximum atomic E-state index is 12.6. The summed E-state index contributed by atoms with van der Waals surface area (Å²) in [6.45, 7) is 0. The predicted octanol–water partition coefficient (Wildman–Crippen LogP) is 2.59. The van der Waals surface area contributed by atoms with Crippen LogP contribution in [0.4, 0.5) is 0 Å². The van der Waals surface area contributed by atoms with Crippen molar-refractivity contribution in [3.05, 3.63) is 40.6 Å². The number of phenols is 2. The van der Waals surface area contributed by atoms with Crippen LogP contribution in [-0.4, -0.2) is 29.5 Å². The number of hydrogen-bond donors (Lipinski definition) is 3. The minimum atomic E-state index is -0.727. The van der Waals surface area contributed by atoms with Crippen molar-refractivity contribution in [3.63, 3.8) is 0 Å². The van der Waals surface area contributed by atoms with Crippen molar-refractivity contribution in [1.29, 1.82) is 0 Å². The molecular formula is C17H14O7. The summed E-state index contributed by atoms with van der Waals surface area (Å²) in [5.74, 6) is -1.00. The van der Waals surface area contributed by atoms with Crippen LogP contribution in [0.5, 0.6) is 28.7 Å². The highest BCUT2D eigenvalue weighted by molar-refractivity contribution is 5.91. The molecule has 7 heteroatoms. The van der Waals surface area contributed by atoms with E-state index in [4.69, 9.17) is 13.9 Å². The van der Waals surface area contributed by atoms with E-state index in [9.17, 15) is 20.1 Å². The Kier molecular flexibility index (Phi) is 3.69. The molecule has 0 aliphatic rings. The van der Waals surface area contributed by atoms with Gasteiger partial charge in [0.05, 0.1) is 14.2 Å². The Bertz CT molecular complexity index is 971. The van der Waals surface area contributed by atoms with Crippen molar-refractivity contribution in [3.8, 4) is 40.1 Å². The standard InChI is InChI=1S/C17H14O7/c1-22-16-10(19)7-11-12(17(16)23-2)13(20)14(21)15(24-11)8-3-5-9(18)6-4-8/h3-7,18-19,21H,1-2H3. The van der Waals surface area contributed by atoms with Gasteiger partial charge in [-0.1, -0.05) is 0 Å². The molecule has 0 fully saturated rings. The highest BCUT2D eigenvalue weighted by atomic mass is 16.5. The minimum Gasteiger partial charge on any atom is -0.508 e. The number of fused-ring (bicyclic) bond motifs is 1. The van der Waals surface area contributed by atoms with Crippen LogP contribution in [0.3, 0.4) is 0 Å². The smallest absolute Gasteiger partial charge is 0.238 e. The van der Waals surface area contributed by atoms with Gasteiger partial charge in [-0.25, -0.2) is 0 Å². The van der Waals surface area contributed by atoms with Gasteiger partial charge in [-0.05, 0) is 24.3 Å². The molecule has 3 aromatic rings. The minimum absolute atomic E-state index is 0.0241. The first-order valence-corrected chi connectivity index (χ1v) is 6.91. The predicted molar refractivity (Wildman–Crippen MR) is 86.0 cm³/mol. The molecule has 124 valence electrons. The molecular weight excluding hydrogens is 316 g/mol. The van der Waals surface area contributed by atoms with Crippen molar-refractivity contribution < 1.29 is 29.2 Å². The van der Waals surface area contributed by atoms with Gasteiger partial charge in [-0.3, -0.25) is 4.79 Å². The van der Waals surface area contributed by atoms with E-state index in [1.165, 1.54) is 44.6 Å². The maximum absolute atomic E-state index is 12.6. The Balaban J connectivity index is 2.39. The molecule has 0 bridgehead atoms. The average Bonchev–Trinajstić information content (AvgIpc) is 2.57. The highest BCUT2D eigenvalue weighted by Crippen LogP contribution is 2.43. The Morgan fingerprint density at radius 2 is 1.58 bits per heavy atom. The summed E-state index contributed by atoms with van der Waals surface area (Å²) < 4.78 is 15.8. The Labute approximate surface area is 135 Å². The lowest BCUT2D eigenvalue weighted by Gasteiger charge is -2.13. The van der Waals surface area contributed by atoms with Gasteiger partial charge >= 0.3 is 0 Å². The number of aromatic hydroxyl groups is 3. The van der Waals surface area contributed by atoms with E-state index in [1.54, 1.807) is 0 Å². The van der Waals surface area contributed by atoms with Crippen LogP contribution in [0.15, 0.2) is 39.5 Å². The summed E-state index contributed by atoms with van der Waals surface area (Å²) >= 11 is 0. The van der Waals surface area contributed by atoms with Crippen LogP contribution in [0.25, 0.3) is 22.3 Å². The topological polar surface area (TPSA) is 109 Å². The zero-order chi connectivity index (χ0) is 17.4. The van der Waals surface area contributed by atoms with E-state index in [0.717, 1.165) is 0 Å². The molecule has 24 heavy (non-hydrogen) atoms. The van der Waals surface area contributed by atoms with Gasteiger partial charge in [0.25, 0.3) is 0 Å². The molecule has 0 spiro atoms. The van der Waals surface area contributed by atoms with Crippen LogP contribution in [0, 0.1) is 0 Å². The molecule has 0 aliphatic carbocycles. The lowest BCUT2D eigenvalue weighted by molar-refractivity contribution is 0.335. The van der Waals surface area contributed by atoms with Gasteiger partial charge in [0.1, 0.15) is 16.7 Å². The molecule has 3 rings (SSSR count). The van der Waals surface area contributed by atoms with E-state index in [2.05, 4.69) is 0 Å². The van der Waals surface area contributed by atoms with Crippen LogP contribution < -0.4 is 14.9 Å². The van der Waals surface area contributed by atoms with Crippen molar-refractivity contribution >= 4 is 11.0 Å². The monoisotopic (exact) mass is 330 g/mol. The van der Waals surface area contributed by atoms with Crippen LogP contribution in [-0.2, 0) is 0 Å². The SMILES string of the molecule is COc1c(O)cc2oc(-c3ccc(O)cc3)c(O)c(=O)c2c1OC. The van der Waals surface area contributed by atoms with Crippen molar-refractivity contribution in [2.45, 2.75) is 0 Å². The molecule has 0 aliphatic heterocycles.